The molecule has 0 fully saturated rings. The fourth-order valence-electron chi connectivity index (χ4n) is 1.56. The molecule has 0 saturated carbocycles. The van der Waals surface area contributed by atoms with E-state index in [0.717, 1.165) is 6.92 Å². The molecule has 22 heavy (non-hydrogen) atoms. The van der Waals surface area contributed by atoms with Crippen molar-refractivity contribution in [1.29, 1.82) is 0 Å². The molecule has 0 atom stereocenters. The van der Waals surface area contributed by atoms with E-state index in [1.165, 1.54) is 13.8 Å². The number of hydrogen-bond acceptors (Lipinski definition) is 6. The highest BCUT2D eigenvalue weighted by molar-refractivity contribution is 5.56. The zero-order chi connectivity index (χ0) is 16.7. The van der Waals surface area contributed by atoms with Crippen molar-refractivity contribution < 1.29 is 17.6 Å². The second kappa shape index (κ2) is 5.35. The summed E-state index contributed by atoms with van der Waals surface area (Å²) in [5.74, 6) is -5.28. The SMILES string of the molecule is Cc1nc(F)c(F)c(Nc2nc(N)nc(C(C)(C)F)n2)c1F. The van der Waals surface area contributed by atoms with Crippen molar-refractivity contribution in [2.24, 2.45) is 0 Å². The van der Waals surface area contributed by atoms with Gasteiger partial charge in [-0.25, -0.2) is 13.8 Å². The molecule has 118 valence electrons. The predicted molar refractivity (Wildman–Crippen MR) is 70.5 cm³/mol. The smallest absolute Gasteiger partial charge is 0.251 e. The first-order valence-corrected chi connectivity index (χ1v) is 6.08. The molecule has 0 aliphatic rings. The van der Waals surface area contributed by atoms with E-state index in [-0.39, 0.29) is 17.5 Å². The Hall–Kier alpha value is -2.52. The van der Waals surface area contributed by atoms with Gasteiger partial charge in [-0.15, -0.1) is 0 Å². The number of hydrogen-bond donors (Lipinski definition) is 2. The standard InChI is InChI=1S/C12H12F4N6/c1-4-5(13)7(6(14)8(15)18-4)19-11-21-9(12(2,3)16)20-10(17)22-11/h1-3H3,(H3,17,18,19,20,21,22). The first-order chi connectivity index (χ1) is 10.1. The Balaban J connectivity index is 2.51. The second-order valence-corrected chi connectivity index (χ2v) is 4.93. The molecule has 2 heterocycles. The van der Waals surface area contributed by atoms with Gasteiger partial charge in [-0.1, -0.05) is 0 Å². The molecule has 0 radical (unpaired) electrons. The molecule has 6 nitrogen and oxygen atoms in total. The van der Waals surface area contributed by atoms with E-state index < -0.39 is 34.9 Å². The van der Waals surface area contributed by atoms with Crippen LogP contribution in [0.15, 0.2) is 0 Å². The minimum atomic E-state index is -1.95. The van der Waals surface area contributed by atoms with Crippen molar-refractivity contribution in [1.82, 2.24) is 19.9 Å². The van der Waals surface area contributed by atoms with Gasteiger partial charge in [-0.05, 0) is 20.8 Å². The van der Waals surface area contributed by atoms with E-state index >= 15 is 0 Å². The summed E-state index contributed by atoms with van der Waals surface area (Å²) in [6.07, 6.45) is 0. The number of rotatable bonds is 3. The lowest BCUT2D eigenvalue weighted by atomic mass is 10.1. The van der Waals surface area contributed by atoms with E-state index in [1.807, 2.05) is 0 Å². The number of pyridine rings is 1. The first-order valence-electron chi connectivity index (χ1n) is 6.08. The maximum Gasteiger partial charge on any atom is 0.251 e. The summed E-state index contributed by atoms with van der Waals surface area (Å²) < 4.78 is 54.6. The van der Waals surface area contributed by atoms with Crippen molar-refractivity contribution in [3.05, 3.63) is 29.1 Å². The largest absolute Gasteiger partial charge is 0.368 e. The molecular formula is C12H12F4N6. The lowest BCUT2D eigenvalue weighted by Crippen LogP contribution is -2.18. The van der Waals surface area contributed by atoms with Gasteiger partial charge in [0.2, 0.25) is 17.7 Å². The van der Waals surface area contributed by atoms with E-state index in [0.29, 0.717) is 0 Å². The van der Waals surface area contributed by atoms with Gasteiger partial charge >= 0.3 is 0 Å². The molecule has 0 unspecified atom stereocenters. The van der Waals surface area contributed by atoms with Crippen LogP contribution in [0.25, 0.3) is 0 Å². The van der Waals surface area contributed by atoms with Crippen LogP contribution in [0.3, 0.4) is 0 Å². The number of aryl methyl sites for hydroxylation is 1. The number of halogens is 4. The monoisotopic (exact) mass is 316 g/mol. The third kappa shape index (κ3) is 3.05. The summed E-state index contributed by atoms with van der Waals surface area (Å²) in [6, 6.07) is 0. The van der Waals surface area contributed by atoms with Gasteiger partial charge in [0.15, 0.2) is 17.3 Å². The number of nitrogens with one attached hydrogen (secondary N) is 1. The van der Waals surface area contributed by atoms with Crippen LogP contribution in [0.5, 0.6) is 0 Å². The van der Waals surface area contributed by atoms with Crippen LogP contribution in [-0.2, 0) is 5.67 Å². The van der Waals surface area contributed by atoms with Crippen LogP contribution in [0.2, 0.25) is 0 Å². The van der Waals surface area contributed by atoms with Crippen LogP contribution in [0.1, 0.15) is 25.4 Å². The minimum absolute atomic E-state index is 0.338. The molecule has 2 aromatic rings. The van der Waals surface area contributed by atoms with Crippen LogP contribution >= 0.6 is 0 Å². The maximum atomic E-state index is 13.9. The van der Waals surface area contributed by atoms with E-state index in [1.54, 1.807) is 0 Å². The third-order valence-corrected chi connectivity index (χ3v) is 2.62. The Morgan fingerprint density at radius 1 is 1.00 bits per heavy atom. The zero-order valence-electron chi connectivity index (χ0n) is 11.9. The zero-order valence-corrected chi connectivity index (χ0v) is 11.9. The normalized spacial score (nSPS) is 11.6. The summed E-state index contributed by atoms with van der Waals surface area (Å²) in [6.45, 7) is 3.49. The second-order valence-electron chi connectivity index (χ2n) is 4.93. The fraction of sp³-hybridized carbons (Fsp3) is 0.333. The summed E-state index contributed by atoms with van der Waals surface area (Å²) in [4.78, 5) is 13.9. The highest BCUT2D eigenvalue weighted by atomic mass is 19.2. The van der Waals surface area contributed by atoms with Gasteiger partial charge in [0.1, 0.15) is 5.69 Å². The van der Waals surface area contributed by atoms with E-state index in [9.17, 15) is 17.6 Å². The average Bonchev–Trinajstić information content (AvgIpc) is 2.40. The molecular weight excluding hydrogens is 304 g/mol. The van der Waals surface area contributed by atoms with Crippen molar-refractivity contribution in [2.45, 2.75) is 26.4 Å². The summed E-state index contributed by atoms with van der Waals surface area (Å²) in [7, 11) is 0. The summed E-state index contributed by atoms with van der Waals surface area (Å²) >= 11 is 0. The van der Waals surface area contributed by atoms with Crippen LogP contribution in [0, 0.1) is 24.5 Å². The Morgan fingerprint density at radius 3 is 2.23 bits per heavy atom. The molecule has 0 bridgehead atoms. The Morgan fingerprint density at radius 2 is 1.64 bits per heavy atom. The number of alkyl halides is 1. The van der Waals surface area contributed by atoms with Gasteiger partial charge in [0, 0.05) is 0 Å². The molecule has 0 spiro atoms. The van der Waals surface area contributed by atoms with Crippen LogP contribution < -0.4 is 11.1 Å². The number of nitrogens with zero attached hydrogens (tertiary/aromatic N) is 4. The van der Waals surface area contributed by atoms with E-state index in [2.05, 4.69) is 25.3 Å². The van der Waals surface area contributed by atoms with Crippen molar-refractivity contribution >= 4 is 17.6 Å². The molecule has 0 saturated heterocycles. The van der Waals surface area contributed by atoms with Crippen LogP contribution in [-0.4, -0.2) is 19.9 Å². The van der Waals surface area contributed by atoms with Crippen molar-refractivity contribution in [3.8, 4) is 0 Å². The average molecular weight is 316 g/mol. The minimum Gasteiger partial charge on any atom is -0.368 e. The highest BCUT2D eigenvalue weighted by Gasteiger charge is 2.25. The summed E-state index contributed by atoms with van der Waals surface area (Å²) in [5.41, 5.74) is 2.23. The van der Waals surface area contributed by atoms with Crippen LogP contribution in [0.4, 0.5) is 35.1 Å². The number of nitrogen functional groups attached to an aromatic ring is 1. The topological polar surface area (TPSA) is 89.6 Å². The predicted octanol–water partition coefficient (Wildman–Crippen LogP) is 2.52. The number of anilines is 3. The molecule has 0 aliphatic carbocycles. The summed E-state index contributed by atoms with van der Waals surface area (Å²) in [5, 5.41) is 2.14. The quantitative estimate of drug-likeness (QED) is 0.668. The van der Waals surface area contributed by atoms with Gasteiger partial charge < -0.3 is 11.1 Å². The Bertz CT molecular complexity index is 702. The molecule has 2 aromatic heterocycles. The third-order valence-electron chi connectivity index (χ3n) is 2.62. The maximum absolute atomic E-state index is 13.9. The first kappa shape index (κ1) is 15.9. The lowest BCUT2D eigenvalue weighted by molar-refractivity contribution is 0.206. The van der Waals surface area contributed by atoms with Gasteiger partial charge in [0.05, 0.1) is 5.69 Å². The lowest BCUT2D eigenvalue weighted by Gasteiger charge is -2.14. The van der Waals surface area contributed by atoms with Gasteiger partial charge in [0.25, 0.3) is 5.95 Å². The Kier molecular flexibility index (Phi) is 3.86. The molecule has 3 N–H and O–H groups in total. The Labute approximate surface area is 122 Å². The van der Waals surface area contributed by atoms with Crippen molar-refractivity contribution in [3.63, 3.8) is 0 Å². The molecule has 0 aromatic carbocycles. The van der Waals surface area contributed by atoms with E-state index in [4.69, 9.17) is 5.73 Å². The molecule has 2 rings (SSSR count). The highest BCUT2D eigenvalue weighted by Crippen LogP contribution is 2.27. The molecule has 0 aliphatic heterocycles. The number of nitrogens with two attached hydrogens (primary N) is 1. The van der Waals surface area contributed by atoms with Gasteiger partial charge in [-0.2, -0.15) is 23.7 Å². The fourth-order valence-corrected chi connectivity index (χ4v) is 1.56. The number of aromatic nitrogens is 4. The van der Waals surface area contributed by atoms with Crippen molar-refractivity contribution in [2.75, 3.05) is 11.1 Å². The molecule has 0 amide bonds. The molecule has 10 heteroatoms. The van der Waals surface area contributed by atoms with Gasteiger partial charge in [-0.3, -0.25) is 0 Å².